The number of allylic oxidation sites excluding steroid dienone is 1. The molecule has 0 aliphatic rings. The molecule has 0 aliphatic carbocycles. The second kappa shape index (κ2) is 6.74. The number of rotatable bonds is 6. The fourth-order valence-electron chi connectivity index (χ4n) is 2.42. The van der Waals surface area contributed by atoms with Crippen LogP contribution in [0.15, 0.2) is 66.9 Å². The quantitative estimate of drug-likeness (QED) is 0.593. The minimum atomic E-state index is -1.66. The molecular weight excluding hydrogens is 318 g/mol. The van der Waals surface area contributed by atoms with Crippen LogP contribution < -0.4 is 10.9 Å². The lowest BCUT2D eigenvalue weighted by Gasteiger charge is -2.23. The van der Waals surface area contributed by atoms with Crippen LogP contribution in [0.3, 0.4) is 0 Å². The summed E-state index contributed by atoms with van der Waals surface area (Å²) in [5, 5.41) is 18.6. The predicted molar refractivity (Wildman–Crippen MR) is 94.0 cm³/mol. The number of hydrazine groups is 1. The Morgan fingerprint density at radius 3 is 2.60 bits per heavy atom. The molecule has 25 heavy (non-hydrogen) atoms. The summed E-state index contributed by atoms with van der Waals surface area (Å²) in [5.41, 5.74) is 6.20. The minimum Gasteiger partial charge on any atom is -0.375 e. The molecule has 128 valence electrons. The third-order valence-corrected chi connectivity index (χ3v) is 3.89. The molecule has 1 amide bonds. The fourth-order valence-corrected chi connectivity index (χ4v) is 2.42. The maximum atomic E-state index is 12.3. The number of aliphatic hydroxyl groups is 1. The van der Waals surface area contributed by atoms with Crippen molar-refractivity contribution in [3.05, 3.63) is 72.4 Å². The van der Waals surface area contributed by atoms with Crippen LogP contribution in [0.5, 0.6) is 0 Å². The first kappa shape index (κ1) is 16.7. The summed E-state index contributed by atoms with van der Waals surface area (Å²) >= 11 is 0. The van der Waals surface area contributed by atoms with Gasteiger partial charge in [-0.05, 0) is 24.6 Å². The molecule has 1 heterocycles. The summed E-state index contributed by atoms with van der Waals surface area (Å²) in [6, 6.07) is 16.3. The number of nitrogens with one attached hydrogen (secondary N) is 2. The normalized spacial score (nSPS) is 13.2. The van der Waals surface area contributed by atoms with E-state index >= 15 is 0 Å². The fraction of sp³-hybridized carbons (Fsp3) is 0.167. The zero-order valence-electron chi connectivity index (χ0n) is 13.8. The van der Waals surface area contributed by atoms with E-state index in [2.05, 4.69) is 27.7 Å². The molecule has 0 bridgehead atoms. The number of hydrogen-bond donors (Lipinski definition) is 3. The SMILES string of the molecule is C=C(Cn1nnc2ccccc21)NNC(=O)C(C)(O)c1ccccc1. The topological polar surface area (TPSA) is 92.1 Å². The first-order chi connectivity index (χ1) is 12.0. The maximum Gasteiger partial charge on any atom is 0.274 e. The number of hydrogen-bond acceptors (Lipinski definition) is 5. The average molecular weight is 337 g/mol. The maximum absolute atomic E-state index is 12.3. The molecule has 1 unspecified atom stereocenters. The number of amides is 1. The van der Waals surface area contributed by atoms with Gasteiger partial charge >= 0.3 is 0 Å². The van der Waals surface area contributed by atoms with Crippen molar-refractivity contribution in [2.24, 2.45) is 0 Å². The molecule has 0 radical (unpaired) electrons. The molecule has 7 nitrogen and oxygen atoms in total. The number of carbonyl (C=O) groups excluding carboxylic acids is 1. The lowest BCUT2D eigenvalue weighted by Crippen LogP contribution is -2.48. The number of fused-ring (bicyclic) bond motifs is 1. The summed E-state index contributed by atoms with van der Waals surface area (Å²) < 4.78 is 1.67. The van der Waals surface area contributed by atoms with Gasteiger partial charge in [0.1, 0.15) is 5.52 Å². The van der Waals surface area contributed by atoms with E-state index in [1.54, 1.807) is 28.9 Å². The Bertz CT molecular complexity index is 902. The summed E-state index contributed by atoms with van der Waals surface area (Å²) in [6.07, 6.45) is 0. The van der Waals surface area contributed by atoms with E-state index in [0.717, 1.165) is 11.0 Å². The lowest BCUT2D eigenvalue weighted by molar-refractivity contribution is -0.139. The van der Waals surface area contributed by atoms with Crippen molar-refractivity contribution in [3.8, 4) is 0 Å². The van der Waals surface area contributed by atoms with Crippen molar-refractivity contribution < 1.29 is 9.90 Å². The molecule has 3 N–H and O–H groups in total. The summed E-state index contributed by atoms with van der Waals surface area (Å²) in [5.74, 6) is -0.580. The molecule has 1 aromatic heterocycles. The Morgan fingerprint density at radius 1 is 1.16 bits per heavy atom. The second-order valence-electron chi connectivity index (χ2n) is 5.86. The molecule has 2 aromatic carbocycles. The smallest absolute Gasteiger partial charge is 0.274 e. The van der Waals surface area contributed by atoms with Gasteiger partial charge in [0.2, 0.25) is 0 Å². The van der Waals surface area contributed by atoms with Crippen LogP contribution in [0.4, 0.5) is 0 Å². The third-order valence-electron chi connectivity index (χ3n) is 3.89. The highest BCUT2D eigenvalue weighted by Crippen LogP contribution is 2.20. The van der Waals surface area contributed by atoms with Crippen molar-refractivity contribution in [2.45, 2.75) is 19.1 Å². The van der Waals surface area contributed by atoms with Crippen molar-refractivity contribution in [3.63, 3.8) is 0 Å². The molecule has 0 fully saturated rings. The molecule has 0 aliphatic heterocycles. The van der Waals surface area contributed by atoms with E-state index < -0.39 is 11.5 Å². The number of carbonyl (C=O) groups is 1. The highest BCUT2D eigenvalue weighted by Gasteiger charge is 2.32. The van der Waals surface area contributed by atoms with E-state index in [4.69, 9.17) is 0 Å². The molecule has 3 aromatic rings. The molecule has 3 rings (SSSR count). The lowest BCUT2D eigenvalue weighted by atomic mass is 9.95. The molecule has 0 spiro atoms. The van der Waals surface area contributed by atoms with Gasteiger partial charge in [0.25, 0.3) is 5.91 Å². The molecule has 1 atom stereocenters. The van der Waals surface area contributed by atoms with Gasteiger partial charge in [-0.1, -0.05) is 54.3 Å². The zero-order chi connectivity index (χ0) is 17.9. The highest BCUT2D eigenvalue weighted by molar-refractivity contribution is 5.85. The highest BCUT2D eigenvalue weighted by atomic mass is 16.3. The van der Waals surface area contributed by atoms with Gasteiger partial charge in [0.15, 0.2) is 5.60 Å². The Hall–Kier alpha value is -3.19. The van der Waals surface area contributed by atoms with Crippen molar-refractivity contribution in [2.75, 3.05) is 0 Å². The number of aromatic nitrogens is 3. The van der Waals surface area contributed by atoms with E-state index in [1.165, 1.54) is 6.92 Å². The first-order valence-corrected chi connectivity index (χ1v) is 7.79. The molecule has 7 heteroatoms. The summed E-state index contributed by atoms with van der Waals surface area (Å²) in [4.78, 5) is 12.3. The van der Waals surface area contributed by atoms with Crippen molar-refractivity contribution >= 4 is 16.9 Å². The van der Waals surface area contributed by atoms with Gasteiger partial charge in [-0.3, -0.25) is 10.2 Å². The summed E-state index contributed by atoms with van der Waals surface area (Å²) in [6.45, 7) is 5.63. The van der Waals surface area contributed by atoms with Crippen LogP contribution in [-0.4, -0.2) is 26.0 Å². The van der Waals surface area contributed by atoms with Gasteiger partial charge in [0.05, 0.1) is 12.1 Å². The average Bonchev–Trinajstić information content (AvgIpc) is 3.03. The van der Waals surface area contributed by atoms with E-state index in [9.17, 15) is 9.90 Å². The van der Waals surface area contributed by atoms with E-state index in [-0.39, 0.29) is 0 Å². The Balaban J connectivity index is 1.61. The zero-order valence-corrected chi connectivity index (χ0v) is 13.8. The molecule has 0 saturated heterocycles. The van der Waals surface area contributed by atoms with Crippen LogP contribution in [0, 0.1) is 0 Å². The first-order valence-electron chi connectivity index (χ1n) is 7.79. The number of para-hydroxylation sites is 1. The Kier molecular flexibility index (Phi) is 4.49. The number of nitrogens with zero attached hydrogens (tertiary/aromatic N) is 3. The van der Waals surface area contributed by atoms with Gasteiger partial charge in [-0.2, -0.15) is 0 Å². The Labute approximate surface area is 144 Å². The largest absolute Gasteiger partial charge is 0.375 e. The summed E-state index contributed by atoms with van der Waals surface area (Å²) in [7, 11) is 0. The van der Waals surface area contributed by atoms with Crippen LogP contribution in [-0.2, 0) is 16.9 Å². The van der Waals surface area contributed by atoms with E-state index in [0.29, 0.717) is 17.8 Å². The standard InChI is InChI=1S/C18H19N5O2/c1-13(12-23-16-11-7-6-10-15(16)20-22-23)19-21-17(24)18(2,25)14-8-4-3-5-9-14/h3-11,19,25H,1,12H2,2H3,(H,21,24). The monoisotopic (exact) mass is 337 g/mol. The van der Waals surface area contributed by atoms with Crippen molar-refractivity contribution in [1.29, 1.82) is 0 Å². The molecular formula is C18H19N5O2. The third kappa shape index (κ3) is 3.51. The van der Waals surface area contributed by atoms with Crippen molar-refractivity contribution in [1.82, 2.24) is 25.8 Å². The van der Waals surface area contributed by atoms with Gasteiger partial charge in [-0.25, -0.2) is 4.68 Å². The van der Waals surface area contributed by atoms with E-state index in [1.807, 2.05) is 30.3 Å². The predicted octanol–water partition coefficient (Wildman–Crippen LogP) is 1.47. The van der Waals surface area contributed by atoms with Gasteiger partial charge in [-0.15, -0.1) is 5.10 Å². The van der Waals surface area contributed by atoms with Crippen LogP contribution in [0.2, 0.25) is 0 Å². The Morgan fingerprint density at radius 2 is 1.84 bits per heavy atom. The van der Waals surface area contributed by atoms with Crippen LogP contribution in [0.25, 0.3) is 11.0 Å². The second-order valence-corrected chi connectivity index (χ2v) is 5.86. The van der Waals surface area contributed by atoms with Crippen LogP contribution in [0.1, 0.15) is 12.5 Å². The molecule has 0 saturated carbocycles. The van der Waals surface area contributed by atoms with Crippen LogP contribution >= 0.6 is 0 Å². The minimum absolute atomic E-state index is 0.328. The van der Waals surface area contributed by atoms with Gasteiger partial charge in [0, 0.05) is 5.70 Å². The number of benzene rings is 2. The van der Waals surface area contributed by atoms with Gasteiger partial charge < -0.3 is 10.5 Å².